The van der Waals surface area contributed by atoms with Crippen LogP contribution in [0, 0.1) is 22.7 Å². The highest BCUT2D eigenvalue weighted by Crippen LogP contribution is 2.45. The first-order valence-corrected chi connectivity index (χ1v) is 12.3. The number of carbonyl (C=O) groups is 1. The van der Waals surface area contributed by atoms with Gasteiger partial charge in [-0.25, -0.2) is 0 Å². The van der Waals surface area contributed by atoms with Crippen molar-refractivity contribution in [2.75, 3.05) is 31.1 Å². The summed E-state index contributed by atoms with van der Waals surface area (Å²) in [6.07, 6.45) is 7.06. The first-order chi connectivity index (χ1) is 14.9. The van der Waals surface area contributed by atoms with Crippen LogP contribution in [0.3, 0.4) is 0 Å². The highest BCUT2D eigenvalue weighted by atomic mass is 35.5. The van der Waals surface area contributed by atoms with Crippen LogP contribution >= 0.6 is 23.2 Å². The summed E-state index contributed by atoms with van der Waals surface area (Å²) in [5.41, 5.74) is 0.330. The summed E-state index contributed by atoms with van der Waals surface area (Å²) in [4.78, 5) is 17.2. The van der Waals surface area contributed by atoms with Crippen LogP contribution < -0.4 is 10.2 Å². The minimum atomic E-state index is -0.703. The quantitative estimate of drug-likeness (QED) is 0.654. The molecule has 0 unspecified atom stereocenters. The first-order valence-electron chi connectivity index (χ1n) is 11.6. The van der Waals surface area contributed by atoms with Gasteiger partial charge in [0.2, 0.25) is 5.91 Å². The van der Waals surface area contributed by atoms with Gasteiger partial charge >= 0.3 is 0 Å². The van der Waals surface area contributed by atoms with Gasteiger partial charge < -0.3 is 10.2 Å². The van der Waals surface area contributed by atoms with Gasteiger partial charge in [-0.05, 0) is 76.5 Å². The maximum Gasteiger partial charge on any atom is 0.240 e. The molecule has 1 heterocycles. The van der Waals surface area contributed by atoms with Gasteiger partial charge in [0, 0.05) is 31.7 Å². The van der Waals surface area contributed by atoms with Crippen molar-refractivity contribution in [3.8, 4) is 6.07 Å². The number of nitrogens with zero attached hydrogens (tertiary/aromatic N) is 3. The molecule has 1 saturated heterocycles. The Hall–Kier alpha value is -1.48. The number of rotatable bonds is 6. The molecule has 3 fully saturated rings. The van der Waals surface area contributed by atoms with Gasteiger partial charge in [0.1, 0.15) is 5.41 Å². The van der Waals surface area contributed by atoms with Gasteiger partial charge in [-0.2, -0.15) is 5.26 Å². The average Bonchev–Trinajstić information content (AvgIpc) is 3.57. The average molecular weight is 463 g/mol. The van der Waals surface area contributed by atoms with E-state index in [1.807, 2.05) is 12.1 Å². The molecule has 5 nitrogen and oxygen atoms in total. The predicted octanol–water partition coefficient (Wildman–Crippen LogP) is 4.87. The monoisotopic (exact) mass is 462 g/mol. The standard InChI is InChI=1S/C24H32Cl2N4O/c1-17-15-29(13-14-30(17)21-4-2-3-20(25)22(21)26)12-9-18-5-7-19(8-6-18)28-23(31)24(16-27)10-11-24/h2-4,17-19H,5-15H2,1H3,(H,28,31)/t17-,18?,19?/m1/s1. The van der Waals surface area contributed by atoms with Crippen LogP contribution in [0.4, 0.5) is 5.69 Å². The number of anilines is 1. The molecule has 1 N–H and O–H groups in total. The van der Waals surface area contributed by atoms with Crippen molar-refractivity contribution >= 4 is 34.8 Å². The van der Waals surface area contributed by atoms with E-state index in [0.717, 1.165) is 76.3 Å². The van der Waals surface area contributed by atoms with Crippen LogP contribution in [-0.2, 0) is 4.79 Å². The summed E-state index contributed by atoms with van der Waals surface area (Å²) in [5, 5.41) is 13.6. The van der Waals surface area contributed by atoms with Crippen molar-refractivity contribution in [3.05, 3.63) is 28.2 Å². The number of piperazine rings is 1. The first kappa shape index (κ1) is 22.7. The maximum atomic E-state index is 12.3. The van der Waals surface area contributed by atoms with E-state index in [0.29, 0.717) is 16.1 Å². The van der Waals surface area contributed by atoms with Crippen molar-refractivity contribution in [2.24, 2.45) is 11.3 Å². The van der Waals surface area contributed by atoms with Gasteiger partial charge in [0.15, 0.2) is 0 Å². The third kappa shape index (κ3) is 5.13. The zero-order valence-corrected chi connectivity index (χ0v) is 19.8. The SMILES string of the molecule is C[C@@H]1CN(CCC2CCC(NC(=O)C3(C#N)CC3)CC2)CCN1c1cccc(Cl)c1Cl. The molecule has 3 aliphatic rings. The highest BCUT2D eigenvalue weighted by molar-refractivity contribution is 6.43. The molecule has 0 bridgehead atoms. The number of halogens is 2. The van der Waals surface area contributed by atoms with Crippen LogP contribution in [-0.4, -0.2) is 49.1 Å². The second kappa shape index (κ2) is 9.57. The summed E-state index contributed by atoms with van der Waals surface area (Å²) in [6, 6.07) is 8.69. The summed E-state index contributed by atoms with van der Waals surface area (Å²) >= 11 is 12.7. The van der Waals surface area contributed by atoms with Crippen molar-refractivity contribution in [2.45, 2.75) is 64.0 Å². The molecule has 1 aromatic rings. The molecule has 0 aromatic heterocycles. The van der Waals surface area contributed by atoms with Crippen LogP contribution in [0.25, 0.3) is 0 Å². The van der Waals surface area contributed by atoms with Gasteiger partial charge in [-0.1, -0.05) is 29.3 Å². The highest BCUT2D eigenvalue weighted by Gasteiger charge is 2.51. The molecule has 2 saturated carbocycles. The number of nitriles is 1. The summed E-state index contributed by atoms with van der Waals surface area (Å²) in [5.74, 6) is 0.694. The van der Waals surface area contributed by atoms with Crippen LogP contribution in [0.5, 0.6) is 0 Å². The Bertz CT molecular complexity index is 842. The molecule has 2 aliphatic carbocycles. The fourth-order valence-electron chi connectivity index (χ4n) is 5.11. The Morgan fingerprint density at radius 2 is 1.97 bits per heavy atom. The Balaban J connectivity index is 1.19. The minimum Gasteiger partial charge on any atom is -0.365 e. The smallest absolute Gasteiger partial charge is 0.240 e. The molecule has 0 radical (unpaired) electrons. The lowest BCUT2D eigenvalue weighted by atomic mass is 9.83. The molecular weight excluding hydrogens is 431 g/mol. The second-order valence-electron chi connectivity index (χ2n) is 9.59. The molecule has 1 atom stereocenters. The molecule has 4 rings (SSSR count). The predicted molar refractivity (Wildman–Crippen MR) is 125 cm³/mol. The van der Waals surface area contributed by atoms with E-state index in [-0.39, 0.29) is 11.9 Å². The Morgan fingerprint density at radius 3 is 2.61 bits per heavy atom. The third-order valence-electron chi connectivity index (χ3n) is 7.39. The largest absolute Gasteiger partial charge is 0.365 e. The number of benzene rings is 1. The van der Waals surface area contributed by atoms with E-state index in [1.165, 1.54) is 6.42 Å². The lowest BCUT2D eigenvalue weighted by Gasteiger charge is -2.42. The van der Waals surface area contributed by atoms with E-state index in [2.05, 4.69) is 34.2 Å². The van der Waals surface area contributed by atoms with Gasteiger partial charge in [-0.3, -0.25) is 9.69 Å². The molecular formula is C24H32Cl2N4O. The number of hydrogen-bond donors (Lipinski definition) is 1. The van der Waals surface area contributed by atoms with Crippen LogP contribution in [0.15, 0.2) is 18.2 Å². The molecule has 1 aromatic carbocycles. The van der Waals surface area contributed by atoms with Crippen molar-refractivity contribution < 1.29 is 4.79 Å². The lowest BCUT2D eigenvalue weighted by Crippen LogP contribution is -2.52. The van der Waals surface area contributed by atoms with Crippen LogP contribution in [0.2, 0.25) is 10.0 Å². The minimum absolute atomic E-state index is 0.0369. The molecule has 7 heteroatoms. The Kier molecular flexibility index (Phi) is 7.01. The Morgan fingerprint density at radius 1 is 1.23 bits per heavy atom. The zero-order chi connectivity index (χ0) is 22.0. The molecule has 1 aliphatic heterocycles. The lowest BCUT2D eigenvalue weighted by molar-refractivity contribution is -0.125. The maximum absolute atomic E-state index is 12.3. The van der Waals surface area contributed by atoms with E-state index in [4.69, 9.17) is 23.2 Å². The summed E-state index contributed by atoms with van der Waals surface area (Å²) < 4.78 is 0. The zero-order valence-electron chi connectivity index (χ0n) is 18.2. The van der Waals surface area contributed by atoms with E-state index in [9.17, 15) is 10.1 Å². The fraction of sp³-hybridized carbons (Fsp3) is 0.667. The molecule has 168 valence electrons. The third-order valence-corrected chi connectivity index (χ3v) is 8.20. The topological polar surface area (TPSA) is 59.4 Å². The number of nitrogens with one attached hydrogen (secondary N) is 1. The van der Waals surface area contributed by atoms with E-state index in [1.54, 1.807) is 0 Å². The van der Waals surface area contributed by atoms with Gasteiger partial charge in [-0.15, -0.1) is 0 Å². The normalized spacial score (nSPS) is 28.1. The van der Waals surface area contributed by atoms with Crippen molar-refractivity contribution in [1.82, 2.24) is 10.2 Å². The molecule has 31 heavy (non-hydrogen) atoms. The second-order valence-corrected chi connectivity index (χ2v) is 10.4. The summed E-state index contributed by atoms with van der Waals surface area (Å²) in [7, 11) is 0. The number of carbonyl (C=O) groups excluding carboxylic acids is 1. The molecule has 0 spiro atoms. The van der Waals surface area contributed by atoms with Crippen LogP contribution in [0.1, 0.15) is 51.9 Å². The summed E-state index contributed by atoms with van der Waals surface area (Å²) in [6.45, 7) is 6.41. The number of amides is 1. The van der Waals surface area contributed by atoms with Gasteiger partial charge in [0.25, 0.3) is 0 Å². The molecule has 1 amide bonds. The van der Waals surface area contributed by atoms with E-state index < -0.39 is 5.41 Å². The van der Waals surface area contributed by atoms with Crippen molar-refractivity contribution in [1.29, 1.82) is 5.26 Å². The number of hydrogen-bond acceptors (Lipinski definition) is 4. The van der Waals surface area contributed by atoms with Crippen molar-refractivity contribution in [3.63, 3.8) is 0 Å². The van der Waals surface area contributed by atoms with Gasteiger partial charge in [0.05, 0.1) is 21.8 Å². The Labute approximate surface area is 195 Å². The fourth-order valence-corrected chi connectivity index (χ4v) is 5.51. The van der Waals surface area contributed by atoms with E-state index >= 15 is 0 Å².